The summed E-state index contributed by atoms with van der Waals surface area (Å²) in [6, 6.07) is 0. The van der Waals surface area contributed by atoms with Crippen LogP contribution in [0.4, 0.5) is 0 Å². The Morgan fingerprint density at radius 2 is 0.768 bits per heavy atom. The van der Waals surface area contributed by atoms with Crippen LogP contribution in [0.1, 0.15) is 247 Å². The summed E-state index contributed by atoms with van der Waals surface area (Å²) in [4.78, 5) is 102. The number of methoxy groups -OCH3 is 6. The van der Waals surface area contributed by atoms with Crippen molar-refractivity contribution in [1.82, 2.24) is 0 Å². The van der Waals surface area contributed by atoms with Crippen LogP contribution in [-0.4, -0.2) is 175 Å². The van der Waals surface area contributed by atoms with Crippen LogP contribution in [-0.2, 0) is 129 Å². The summed E-state index contributed by atoms with van der Waals surface area (Å²) in [7, 11) is 6.10. The fraction of sp³-hybridized carbons (Fsp3) is 0.848. The summed E-state index contributed by atoms with van der Waals surface area (Å²) in [6.07, 6.45) is 16.1. The minimum atomic E-state index is -3.66. The highest BCUT2D eigenvalue weighted by atomic mass is 32.3. The number of rotatable bonds is 18. The van der Waals surface area contributed by atoms with Gasteiger partial charge in [0.05, 0.1) is 83.0 Å². The van der Waals surface area contributed by atoms with Crippen molar-refractivity contribution in [1.29, 1.82) is 0 Å². The third-order valence-corrected chi connectivity index (χ3v) is 16.2. The second kappa shape index (κ2) is 73.6. The molecule has 0 spiro atoms. The number of esters is 6. The summed E-state index contributed by atoms with van der Waals surface area (Å²) in [5.74, 6) is 3.51. The van der Waals surface area contributed by atoms with Crippen LogP contribution >= 0.6 is 0 Å². The fourth-order valence-electron chi connectivity index (χ4n) is 7.92. The lowest BCUT2D eigenvalue weighted by atomic mass is 9.45. The van der Waals surface area contributed by atoms with Crippen molar-refractivity contribution in [2.24, 2.45) is 28.6 Å². The molecule has 1 aliphatic heterocycles. The lowest BCUT2D eigenvalue weighted by Gasteiger charge is -2.59. The van der Waals surface area contributed by atoms with Gasteiger partial charge in [-0.25, -0.2) is 4.21 Å². The summed E-state index contributed by atoms with van der Waals surface area (Å²) in [5.41, 5.74) is 0.604. The normalized spacial score (nSPS) is 18.5. The molecule has 29 heteroatoms. The highest BCUT2D eigenvalue weighted by Gasteiger charge is 2.58. The quantitative estimate of drug-likeness (QED) is 0.0699. The zero-order valence-corrected chi connectivity index (χ0v) is 66.2. The van der Waals surface area contributed by atoms with E-state index in [1.165, 1.54) is 102 Å². The highest BCUT2D eigenvalue weighted by Crippen LogP contribution is 2.63. The van der Waals surface area contributed by atoms with Gasteiger partial charge in [0.2, 0.25) is 0 Å². The van der Waals surface area contributed by atoms with E-state index in [-0.39, 0.29) is 47.0 Å². The number of Topliss-reactive ketones (excluding diaryl/α,β-unsaturated/α-hetero) is 4. The molecule has 0 N–H and O–H groups in total. The molecule has 5 rings (SSSR count). The Morgan fingerprint density at radius 3 is 0.884 bits per heavy atom. The van der Waals surface area contributed by atoms with Crippen molar-refractivity contribution in [2.45, 2.75) is 253 Å². The van der Waals surface area contributed by atoms with E-state index in [0.717, 1.165) is 39.8 Å². The molecule has 0 aromatic heterocycles. The predicted molar refractivity (Wildman–Crippen MR) is 371 cm³/mol. The van der Waals surface area contributed by atoms with E-state index in [1.807, 2.05) is 41.5 Å². The summed E-state index contributed by atoms with van der Waals surface area (Å²) < 4.78 is 97.2. The van der Waals surface area contributed by atoms with E-state index in [0.29, 0.717) is 123 Å². The second-order valence-electron chi connectivity index (χ2n) is 21.0. The van der Waals surface area contributed by atoms with Gasteiger partial charge in [-0.2, -0.15) is 16.8 Å². The fourth-order valence-corrected chi connectivity index (χ4v) is 8.53. The molecular formula is C66H132O26S3. The molecule has 0 aromatic carbocycles. The maximum atomic E-state index is 12.0. The van der Waals surface area contributed by atoms with Crippen molar-refractivity contribution < 1.29 is 119 Å². The van der Waals surface area contributed by atoms with Crippen LogP contribution in [0.5, 0.6) is 0 Å². The molecule has 1 saturated heterocycles. The van der Waals surface area contributed by atoms with Gasteiger partial charge in [0, 0.05) is 101 Å². The van der Waals surface area contributed by atoms with Crippen LogP contribution in [0.25, 0.3) is 0 Å². The van der Waals surface area contributed by atoms with Crippen LogP contribution < -0.4 is 0 Å². The lowest BCUT2D eigenvalue weighted by molar-refractivity contribution is -0.159. The number of hydrogen-bond donors (Lipinski definition) is 0. The zero-order valence-electron chi connectivity index (χ0n) is 63.7. The van der Waals surface area contributed by atoms with Gasteiger partial charge in [0.1, 0.15) is 23.1 Å². The van der Waals surface area contributed by atoms with Crippen LogP contribution in [0, 0.1) is 28.6 Å². The standard InChI is InChI=1S/C12H18O.C7H14O.3C5H10O.6C4H8O2.C3H8O3S.C3H8O2S.C2H6O4S/c1-11-4-8-3-9(6-11)10(13)12(2,5-8)7-11;1-6-3-4-8-7(2)5-6;3*1-3-5(6)4-2;6*1-3-4(5)6-2;1-3-7(4,5)6-2;1-3-6(4)5-2;1-5-7(3,4)6-2/h8-9H,3-7H2,1-2H3;6-7H,3-5H2,1-2H3;3*3-4H2,1-2H3;6*3H2,1-2H3;3H2,1-2H3;3H2,1-2H3;1-2H3. The maximum absolute atomic E-state index is 12.0. The molecule has 7 unspecified atom stereocenters. The topological polar surface area (TPSA) is 358 Å². The Labute approximate surface area is 577 Å². The molecule has 7 atom stereocenters. The molecule has 95 heavy (non-hydrogen) atoms. The predicted octanol–water partition coefficient (Wildman–Crippen LogP) is 12.0. The first kappa shape index (κ1) is 112. The minimum absolute atomic E-state index is 0.0451. The molecule has 0 aromatic rings. The Balaban J connectivity index is -0.000000103. The number of ether oxygens (including phenoxy) is 7. The van der Waals surface area contributed by atoms with E-state index >= 15 is 0 Å². The smallest absolute Gasteiger partial charge is 0.399 e. The molecule has 4 aliphatic carbocycles. The van der Waals surface area contributed by atoms with Crippen LogP contribution in [0.2, 0.25) is 0 Å². The number of hydrogen-bond acceptors (Lipinski definition) is 26. The third-order valence-electron chi connectivity index (χ3n) is 13.3. The Hall–Kier alpha value is -4.65. The molecule has 1 heterocycles. The SMILES string of the molecule is CC12CC3CC(C1)C(=O)C(C)(C3)C2.CC1CCOC(C)C1.CCC(=O)CC.CCC(=O)CC.CCC(=O)CC.CCC(=O)OC.CCC(=O)OC.CCC(=O)OC.CCC(=O)OC.CCC(=O)OC.CCC(=O)OC.CCS(=O)(=O)OC.CCS(=O)OC.COS(=O)(=O)OC. The summed E-state index contributed by atoms with van der Waals surface area (Å²) >= 11 is -1.03. The van der Waals surface area contributed by atoms with E-state index in [1.54, 1.807) is 48.5 Å². The van der Waals surface area contributed by atoms with Gasteiger partial charge in [-0.15, -0.1) is 0 Å². The van der Waals surface area contributed by atoms with Gasteiger partial charge in [-0.05, 0) is 76.0 Å². The molecule has 570 valence electrons. The maximum Gasteiger partial charge on any atom is 0.399 e. The molecule has 0 radical (unpaired) electrons. The van der Waals surface area contributed by atoms with Gasteiger partial charge in [-0.3, -0.25) is 64.7 Å². The second-order valence-corrected chi connectivity index (χ2v) is 26.0. The van der Waals surface area contributed by atoms with Crippen molar-refractivity contribution in [3.63, 3.8) is 0 Å². The monoisotopic (exact) mass is 1440 g/mol. The number of carbonyl (C=O) groups excluding carboxylic acids is 10. The molecule has 4 bridgehead atoms. The Bertz CT molecular complexity index is 1840. The van der Waals surface area contributed by atoms with Gasteiger partial charge in [0.15, 0.2) is 11.1 Å². The van der Waals surface area contributed by atoms with E-state index in [4.69, 9.17) is 4.74 Å². The molecule has 5 aliphatic rings. The van der Waals surface area contributed by atoms with Crippen LogP contribution in [0.15, 0.2) is 0 Å². The average molecular weight is 1440 g/mol. The van der Waals surface area contributed by atoms with E-state index in [2.05, 4.69) is 72.8 Å². The largest absolute Gasteiger partial charge is 0.469 e. The summed E-state index contributed by atoms with van der Waals surface area (Å²) in [6.45, 7) is 35.2. The Kier molecular flexibility index (Phi) is 86.5. The molecule has 26 nitrogen and oxygen atoms in total. The lowest BCUT2D eigenvalue weighted by Crippen LogP contribution is -2.55. The third kappa shape index (κ3) is 79.9. The van der Waals surface area contributed by atoms with Crippen molar-refractivity contribution in [2.75, 3.05) is 89.2 Å². The van der Waals surface area contributed by atoms with Crippen molar-refractivity contribution in [3.05, 3.63) is 0 Å². The van der Waals surface area contributed by atoms with Gasteiger partial charge >= 0.3 is 46.2 Å². The van der Waals surface area contributed by atoms with E-state index in [9.17, 15) is 69.0 Å². The van der Waals surface area contributed by atoms with Crippen LogP contribution in [0.3, 0.4) is 0 Å². The first-order chi connectivity index (χ1) is 44.1. The number of ketones is 4. The van der Waals surface area contributed by atoms with Crippen molar-refractivity contribution in [3.8, 4) is 0 Å². The zero-order chi connectivity index (χ0) is 77.0. The first-order valence-electron chi connectivity index (χ1n) is 32.3. The Morgan fingerprint density at radius 1 is 0.463 bits per heavy atom. The minimum Gasteiger partial charge on any atom is -0.469 e. The van der Waals surface area contributed by atoms with Gasteiger partial charge < -0.3 is 33.2 Å². The van der Waals surface area contributed by atoms with E-state index < -0.39 is 31.6 Å². The summed E-state index contributed by atoms with van der Waals surface area (Å²) in [5, 5.41) is 0. The number of carbonyl (C=O) groups is 10. The first-order valence-corrected chi connectivity index (χ1v) is 36.5. The molecule has 5 fully saturated rings. The van der Waals surface area contributed by atoms with Gasteiger partial charge in [-0.1, -0.05) is 111 Å². The molecule has 4 saturated carbocycles. The molecular weight excluding hydrogens is 1300 g/mol. The van der Waals surface area contributed by atoms with Gasteiger partial charge in [0.25, 0.3) is 10.1 Å². The van der Waals surface area contributed by atoms with Crippen molar-refractivity contribution >= 4 is 90.5 Å². The average Bonchev–Trinajstić information content (AvgIpc) is 0.727. The molecule has 0 amide bonds. The highest BCUT2D eigenvalue weighted by molar-refractivity contribution is 7.86.